The zero-order valence-electron chi connectivity index (χ0n) is 51.5. The second-order valence-corrected chi connectivity index (χ2v) is 40.6. The van der Waals surface area contributed by atoms with Gasteiger partial charge in [-0.05, 0) is 51.1 Å². The van der Waals surface area contributed by atoms with Crippen molar-refractivity contribution >= 4 is 130 Å². The molecular weight excluding hydrogens is 1320 g/mol. The van der Waals surface area contributed by atoms with Gasteiger partial charge in [0.15, 0.2) is 46.5 Å². The van der Waals surface area contributed by atoms with Gasteiger partial charge in [0.1, 0.15) is 35.8 Å². The number of ether oxygens (including phenoxy) is 1. The van der Waals surface area contributed by atoms with Gasteiger partial charge in [-0.25, -0.2) is 43.2 Å². The molecule has 8 N–H and O–H groups in total. The summed E-state index contributed by atoms with van der Waals surface area (Å²) in [5.74, 6) is 13.5. The van der Waals surface area contributed by atoms with Crippen LogP contribution in [0.25, 0.3) is 21.5 Å². The van der Waals surface area contributed by atoms with Crippen LogP contribution in [-0.4, -0.2) is 179 Å². The Kier molecular flexibility index (Phi) is 20.6. The number of rotatable bonds is 32. The maximum atomic E-state index is 14.4. The van der Waals surface area contributed by atoms with Crippen molar-refractivity contribution in [1.82, 2.24) is 19.1 Å². The molecule has 4 aliphatic heterocycles. The summed E-state index contributed by atoms with van der Waals surface area (Å²) in [6.07, 6.45) is 0.214. The zero-order valence-corrected chi connectivity index (χ0v) is 56.9. The lowest BCUT2D eigenvalue weighted by Gasteiger charge is -2.43. The highest BCUT2D eigenvalue weighted by atomic mass is 32.2. The van der Waals surface area contributed by atoms with E-state index in [4.69, 9.17) is 60.6 Å². The minimum atomic E-state index is -4.78. The average molecular weight is 1390 g/mol. The SMILES string of the molecule is C[Si](C)(CCCNC(=O)COCC(=O)ON)O[Si]1(O[Si](C)(C)CCCNC(=O)C[N+](CCCS(=O)(=O)[O-])(CCCS(=O)(=O)ON)CCCS(=O)(=O)ON)n2c3c4ccccc4c2N=C2N=C(N=c4c5ccccc5c(n41)=NC1=NC(=N3)c3ccccc31)c1ccccc12. The third kappa shape index (κ3) is 15.8. The number of aromatic nitrogens is 2. The fraction of sp³-hybridized carbons (Fsp3) is 0.386. The molecule has 0 saturated carbocycles. The van der Waals surface area contributed by atoms with E-state index in [1.807, 2.05) is 119 Å². The molecule has 93 heavy (non-hydrogen) atoms. The Morgan fingerprint density at radius 2 is 0.925 bits per heavy atom. The van der Waals surface area contributed by atoms with Crippen molar-refractivity contribution in [3.63, 3.8) is 0 Å². The number of benzene rings is 4. The summed E-state index contributed by atoms with van der Waals surface area (Å²) in [6.45, 7) is 6.88. The van der Waals surface area contributed by atoms with Crippen molar-refractivity contribution in [3.8, 4) is 0 Å². The number of nitrogens with two attached hydrogens (primary N) is 3. The molecule has 6 aromatic rings. The van der Waals surface area contributed by atoms with Crippen LogP contribution in [0.2, 0.25) is 38.3 Å². The summed E-state index contributed by atoms with van der Waals surface area (Å²) < 4.78 is 119. The second-order valence-electron chi connectivity index (χ2n) is 24.0. The van der Waals surface area contributed by atoms with E-state index in [0.29, 0.717) is 92.4 Å². The predicted molar refractivity (Wildman–Crippen MR) is 350 cm³/mol. The normalized spacial score (nSPS) is 16.1. The molecule has 4 aliphatic rings. The Bertz CT molecular complexity index is 4340. The quantitative estimate of drug-likeness (QED) is 0.0133. The van der Waals surface area contributed by atoms with E-state index in [0.717, 1.165) is 22.3 Å². The first-order valence-electron chi connectivity index (χ1n) is 29.9. The standard InChI is InChI=1S/C57H72N14O16S3Si3/c1-91(2,34-13-26-61-47(72)36-71(28-15-31-88(75,76)77,29-16-32-89(78,79)84-59)30-17-33-90(80,81)85-60)86-93(87-92(3,4)35-14-27-62-48(73)37-82-38-49(74)83-58)69-54-43-22-9-10-23-44(43)56(69)67-52-41-20-7-8-21-42(41)53(64-52)68-57-46-25-12-11-24-45(46)55(70(57)93)66-51-40-19-6-5-18-39(40)50(63-51)65-54/h5-12,18-25H,13-17,26-38,58-60H2,1-4H3,(H2-,61,62,72,73,75,76,77). The molecule has 0 spiro atoms. The molecule has 4 aromatic carbocycles. The first-order valence-corrected chi connectivity index (χ1v) is 42.5. The van der Waals surface area contributed by atoms with Crippen LogP contribution in [0.3, 0.4) is 0 Å². The van der Waals surface area contributed by atoms with E-state index in [9.17, 15) is 44.2 Å². The van der Waals surface area contributed by atoms with Gasteiger partial charge in [-0.1, -0.05) is 97.1 Å². The third-order valence-electron chi connectivity index (χ3n) is 16.1. The fourth-order valence-corrected chi connectivity index (χ4v) is 26.2. The summed E-state index contributed by atoms with van der Waals surface area (Å²) in [7, 11) is -24.5. The van der Waals surface area contributed by atoms with Gasteiger partial charge >= 0.3 is 14.9 Å². The highest BCUT2D eigenvalue weighted by Crippen LogP contribution is 2.45. The summed E-state index contributed by atoms with van der Waals surface area (Å²) in [5.41, 5.74) is 3.78. The Balaban J connectivity index is 1.10. The summed E-state index contributed by atoms with van der Waals surface area (Å²) in [5, 5.41) is 8.63. The Morgan fingerprint density at radius 3 is 1.34 bits per heavy atom. The number of amides is 2. The molecule has 10 rings (SSSR count). The Labute approximate surface area is 539 Å². The van der Waals surface area contributed by atoms with Crippen LogP contribution >= 0.6 is 0 Å². The highest BCUT2D eigenvalue weighted by molar-refractivity contribution is 7.87. The maximum absolute atomic E-state index is 14.4. The summed E-state index contributed by atoms with van der Waals surface area (Å²) in [4.78, 5) is 75.8. The van der Waals surface area contributed by atoms with Gasteiger partial charge in [0.25, 0.3) is 26.1 Å². The van der Waals surface area contributed by atoms with Crippen LogP contribution in [0.15, 0.2) is 127 Å². The lowest BCUT2D eigenvalue weighted by Crippen LogP contribution is -2.70. The minimum Gasteiger partial charge on any atom is -0.748 e. The van der Waals surface area contributed by atoms with Gasteiger partial charge < -0.3 is 37.5 Å². The number of nitrogens with one attached hydrogen (secondary N) is 2. The van der Waals surface area contributed by atoms with Crippen LogP contribution in [0.4, 0.5) is 11.6 Å². The lowest BCUT2D eigenvalue weighted by atomic mass is 10.1. The van der Waals surface area contributed by atoms with E-state index in [1.54, 1.807) is 0 Å². The molecule has 0 radical (unpaired) electrons. The zero-order chi connectivity index (χ0) is 66.6. The molecular formula is C57H72N14O16S3Si3. The molecule has 1 unspecified atom stereocenters. The van der Waals surface area contributed by atoms with Crippen LogP contribution in [0, 0.1) is 0 Å². The number of carbonyl (C=O) groups excluding carboxylic acids is 3. The van der Waals surface area contributed by atoms with Crippen LogP contribution in [-0.2, 0) is 71.1 Å². The van der Waals surface area contributed by atoms with E-state index in [2.05, 4.69) is 37.1 Å². The monoisotopic (exact) mass is 1390 g/mol. The first kappa shape index (κ1) is 68.6. The van der Waals surface area contributed by atoms with Crippen molar-refractivity contribution < 1.29 is 75.0 Å². The number of fused-ring (bicyclic) bond motifs is 14. The highest BCUT2D eigenvalue weighted by Gasteiger charge is 2.58. The predicted octanol–water partition coefficient (Wildman–Crippen LogP) is 2.23. The number of nitrogens with zero attached hydrogens (tertiary/aromatic N) is 9. The van der Waals surface area contributed by atoms with Crippen molar-refractivity contribution in [2.24, 2.45) is 47.6 Å². The van der Waals surface area contributed by atoms with E-state index in [1.165, 1.54) is 0 Å². The van der Waals surface area contributed by atoms with Gasteiger partial charge in [-0.3, -0.25) is 18.1 Å². The molecule has 0 aliphatic carbocycles. The topological polar surface area (TPSA) is 418 Å². The number of hydrogen-bond acceptors (Lipinski definition) is 25. The summed E-state index contributed by atoms with van der Waals surface area (Å²) >= 11 is 0. The van der Waals surface area contributed by atoms with Crippen LogP contribution < -0.4 is 39.3 Å². The van der Waals surface area contributed by atoms with Crippen molar-refractivity contribution in [1.29, 1.82) is 0 Å². The maximum Gasteiger partial charge on any atom is 0.582 e. The largest absolute Gasteiger partial charge is 0.748 e. The first-order chi connectivity index (χ1) is 44.2. The molecule has 0 saturated heterocycles. The number of amidine groups is 4. The molecule has 36 heteroatoms. The molecule has 2 amide bonds. The van der Waals surface area contributed by atoms with Gasteiger partial charge in [0.05, 0.1) is 41.3 Å². The van der Waals surface area contributed by atoms with Gasteiger partial charge in [-0.2, -0.15) is 43.1 Å². The molecule has 496 valence electrons. The molecule has 30 nitrogen and oxygen atoms in total. The number of hydrogen-bond donors (Lipinski definition) is 5. The van der Waals surface area contributed by atoms with Gasteiger partial charge in [0, 0.05) is 81.9 Å². The molecule has 1 atom stereocenters. The van der Waals surface area contributed by atoms with Crippen LogP contribution in [0.1, 0.15) is 54.4 Å². The van der Waals surface area contributed by atoms with Crippen molar-refractivity contribution in [2.75, 3.05) is 69.7 Å². The van der Waals surface area contributed by atoms with Crippen molar-refractivity contribution in [2.45, 2.75) is 70.4 Å². The summed E-state index contributed by atoms with van der Waals surface area (Å²) in [6, 6.07) is 31.8. The van der Waals surface area contributed by atoms with Gasteiger partial charge in [-0.15, -0.1) is 0 Å². The average Bonchev–Trinajstić information content (AvgIpc) is 1.56. The molecule has 6 heterocycles. The minimum absolute atomic E-state index is 0.0673. The van der Waals surface area contributed by atoms with E-state index in [-0.39, 0.29) is 63.0 Å². The third-order valence-corrected chi connectivity index (χ3v) is 30.7. The Hall–Kier alpha value is -7.25. The van der Waals surface area contributed by atoms with E-state index >= 15 is 0 Å². The lowest BCUT2D eigenvalue weighted by molar-refractivity contribution is -0.920. The second kappa shape index (κ2) is 28.0. The fourth-order valence-electron chi connectivity index (χ4n) is 12.0. The van der Waals surface area contributed by atoms with Crippen LogP contribution in [0.5, 0.6) is 0 Å². The Morgan fingerprint density at radius 1 is 0.527 bits per heavy atom. The molecule has 2 aromatic heterocycles. The van der Waals surface area contributed by atoms with E-state index < -0.39 is 104 Å². The number of quaternary nitrogens is 1. The molecule has 6 bridgehead atoms. The number of carbonyl (C=O) groups is 3. The number of aliphatic imine (C=N–C) groups is 4. The van der Waals surface area contributed by atoms with Gasteiger partial charge in [0.2, 0.25) is 5.91 Å². The smallest absolute Gasteiger partial charge is 0.582 e. The molecule has 0 fully saturated rings. The van der Waals surface area contributed by atoms with Crippen molar-refractivity contribution in [3.05, 3.63) is 130 Å².